The second kappa shape index (κ2) is 5.14. The van der Waals surface area contributed by atoms with Gasteiger partial charge in [-0.2, -0.15) is 0 Å². The van der Waals surface area contributed by atoms with Crippen LogP contribution < -0.4 is 5.32 Å². The fourth-order valence-electron chi connectivity index (χ4n) is 2.00. The molecule has 20 heavy (non-hydrogen) atoms. The second-order valence-corrected chi connectivity index (χ2v) is 6.55. The summed E-state index contributed by atoms with van der Waals surface area (Å²) in [4.78, 5) is 11.9. The SMILES string of the molecule is [2H][C@H](O)[C@H]([15NH]C(=O)OC(C)(C)C)C12OCC(C)(CO1)CO2. The van der Waals surface area contributed by atoms with Gasteiger partial charge >= 0.3 is 12.1 Å². The van der Waals surface area contributed by atoms with Crippen molar-refractivity contribution in [3.05, 3.63) is 0 Å². The van der Waals surface area contributed by atoms with E-state index in [1.807, 2.05) is 6.92 Å². The van der Waals surface area contributed by atoms with Crippen LogP contribution in [0.2, 0.25) is 0 Å². The monoisotopic (exact) mass is 291 g/mol. The third kappa shape index (κ3) is 3.22. The Morgan fingerprint density at radius 2 is 1.90 bits per heavy atom. The van der Waals surface area contributed by atoms with Gasteiger partial charge in [0.25, 0.3) is 0 Å². The number of nitrogens with one attached hydrogen (secondary N) is 1. The van der Waals surface area contributed by atoms with Crippen LogP contribution in [0.4, 0.5) is 4.79 Å². The first-order chi connectivity index (χ1) is 9.55. The van der Waals surface area contributed by atoms with E-state index in [0.717, 1.165) is 0 Å². The van der Waals surface area contributed by atoms with Gasteiger partial charge in [-0.25, -0.2) is 4.79 Å². The zero-order valence-corrected chi connectivity index (χ0v) is 12.3. The van der Waals surface area contributed by atoms with Gasteiger partial charge in [-0.15, -0.1) is 0 Å². The third-order valence-electron chi connectivity index (χ3n) is 3.07. The number of alkyl carbamates (subject to hydrolysis) is 1. The van der Waals surface area contributed by atoms with Gasteiger partial charge in [-0.05, 0) is 20.8 Å². The molecule has 7 nitrogen and oxygen atoms in total. The van der Waals surface area contributed by atoms with Gasteiger partial charge in [-0.3, -0.25) is 0 Å². The molecule has 1 amide bonds. The van der Waals surface area contributed by atoms with Crippen LogP contribution >= 0.6 is 0 Å². The van der Waals surface area contributed by atoms with E-state index in [-0.39, 0.29) is 5.41 Å². The zero-order chi connectivity index (χ0) is 15.9. The molecule has 0 spiro atoms. The number of hydrogen-bond acceptors (Lipinski definition) is 6. The van der Waals surface area contributed by atoms with Gasteiger partial charge in [0.05, 0.1) is 27.8 Å². The quantitative estimate of drug-likeness (QED) is 0.741. The first kappa shape index (κ1) is 14.1. The molecule has 3 rings (SSSR count). The maximum atomic E-state index is 11.9. The van der Waals surface area contributed by atoms with Gasteiger partial charge in [0.1, 0.15) is 11.6 Å². The maximum absolute atomic E-state index is 11.9. The third-order valence-corrected chi connectivity index (χ3v) is 3.07. The van der Waals surface area contributed by atoms with Crippen LogP contribution in [0.1, 0.15) is 29.1 Å². The Labute approximate surface area is 119 Å². The molecule has 0 saturated carbocycles. The highest BCUT2D eigenvalue weighted by molar-refractivity contribution is 5.68. The highest BCUT2D eigenvalue weighted by Crippen LogP contribution is 2.39. The van der Waals surface area contributed by atoms with Crippen LogP contribution in [0.25, 0.3) is 0 Å². The highest BCUT2D eigenvalue weighted by atomic mass is 16.9. The van der Waals surface area contributed by atoms with Gasteiger partial charge in [-0.1, -0.05) is 6.92 Å². The minimum atomic E-state index is -1.68. The lowest BCUT2D eigenvalue weighted by atomic mass is 9.91. The summed E-state index contributed by atoms with van der Waals surface area (Å²) in [7, 11) is 0. The number of amides is 1. The Hall–Kier alpha value is -0.890. The number of aliphatic hydroxyl groups is 1. The minimum Gasteiger partial charge on any atom is -0.444 e. The number of rotatable bonds is 3. The predicted octanol–water partition coefficient (Wildman–Crippen LogP) is 0.609. The van der Waals surface area contributed by atoms with Gasteiger partial charge < -0.3 is 29.4 Å². The van der Waals surface area contributed by atoms with Crippen LogP contribution in [-0.2, 0) is 18.9 Å². The van der Waals surface area contributed by atoms with Crippen LogP contribution in [0.3, 0.4) is 0 Å². The first-order valence-electron chi connectivity index (χ1n) is 7.15. The van der Waals surface area contributed by atoms with Gasteiger partial charge in [0, 0.05) is 5.41 Å². The van der Waals surface area contributed by atoms with Crippen molar-refractivity contribution in [2.24, 2.45) is 5.41 Å². The van der Waals surface area contributed by atoms with Crippen molar-refractivity contribution < 1.29 is 30.2 Å². The van der Waals surface area contributed by atoms with Crippen molar-refractivity contribution in [1.82, 2.24) is 5.32 Å². The molecule has 116 valence electrons. The van der Waals surface area contributed by atoms with E-state index in [1.165, 1.54) is 0 Å². The molecule has 3 saturated heterocycles. The lowest BCUT2D eigenvalue weighted by Crippen LogP contribution is -2.68. The smallest absolute Gasteiger partial charge is 0.408 e. The highest BCUT2D eigenvalue weighted by Gasteiger charge is 2.55. The number of hydrogen-bond donors (Lipinski definition) is 2. The standard InChI is InChI=1S/C13H23NO6/c1-11(2,3)20-10(16)14-9(5-15)13-17-6-12(4,7-18-13)8-19-13/h9,15H,5-8H2,1-4H3,(H,14,16)/t9-,12?,13?/m0/s1/i5D,14+1/t5-,9-,12?,13?. The van der Waals surface area contributed by atoms with E-state index in [9.17, 15) is 9.90 Å². The lowest BCUT2D eigenvalue weighted by molar-refractivity contribution is -0.474. The first-order valence-corrected chi connectivity index (χ1v) is 6.57. The summed E-state index contributed by atoms with van der Waals surface area (Å²) in [5.74, 6) is -1.64. The molecule has 0 aliphatic carbocycles. The fourth-order valence-corrected chi connectivity index (χ4v) is 2.00. The molecule has 0 unspecified atom stereocenters. The van der Waals surface area contributed by atoms with E-state index in [4.69, 9.17) is 20.3 Å². The van der Waals surface area contributed by atoms with Crippen molar-refractivity contribution in [1.29, 1.82) is 0 Å². The molecule has 7 heteroatoms. The van der Waals surface area contributed by atoms with Gasteiger partial charge in [0.2, 0.25) is 0 Å². The molecule has 0 aromatic carbocycles. The molecule has 0 aromatic heterocycles. The molecule has 3 aliphatic rings. The summed E-state index contributed by atoms with van der Waals surface area (Å²) < 4.78 is 29.2. The molecule has 0 aromatic rings. The largest absolute Gasteiger partial charge is 0.444 e. The number of ether oxygens (including phenoxy) is 4. The molecule has 0 radical (unpaired) electrons. The summed E-state index contributed by atoms with van der Waals surface area (Å²) in [6.07, 6.45) is -0.775. The van der Waals surface area contributed by atoms with E-state index >= 15 is 0 Å². The summed E-state index contributed by atoms with van der Waals surface area (Å²) in [6, 6.07) is -1.21. The Morgan fingerprint density at radius 3 is 2.30 bits per heavy atom. The Balaban J connectivity index is 2.08. The van der Waals surface area contributed by atoms with E-state index < -0.39 is 30.3 Å². The van der Waals surface area contributed by atoms with Crippen LogP contribution in [0, 0.1) is 5.41 Å². The van der Waals surface area contributed by atoms with Crippen molar-refractivity contribution in [2.75, 3.05) is 26.4 Å². The average molecular weight is 291 g/mol. The Kier molecular flexibility index (Phi) is 3.62. The summed E-state index contributed by atoms with van der Waals surface area (Å²) in [5.41, 5.74) is -0.940. The van der Waals surface area contributed by atoms with Crippen LogP contribution in [0.5, 0.6) is 0 Å². The molecular weight excluding hydrogens is 267 g/mol. The second-order valence-electron chi connectivity index (χ2n) is 6.55. The maximum Gasteiger partial charge on any atom is 0.408 e. The molecule has 2 N–H and O–H groups in total. The molecule has 2 bridgehead atoms. The van der Waals surface area contributed by atoms with Crippen molar-refractivity contribution in [3.63, 3.8) is 0 Å². The minimum absolute atomic E-state index is 0.245. The van der Waals surface area contributed by atoms with Crippen molar-refractivity contribution in [2.45, 2.75) is 45.3 Å². The Bertz CT molecular complexity index is 383. The van der Waals surface area contributed by atoms with Crippen molar-refractivity contribution in [3.8, 4) is 0 Å². The average Bonchev–Trinajstić information content (AvgIpc) is 2.35. The van der Waals surface area contributed by atoms with Crippen molar-refractivity contribution >= 4 is 6.09 Å². The molecule has 3 heterocycles. The normalized spacial score (nSPS) is 37.0. The zero-order valence-electron chi connectivity index (χ0n) is 13.3. The summed E-state index contributed by atoms with van der Waals surface area (Å²) >= 11 is 0. The molecule has 3 aliphatic heterocycles. The summed E-state index contributed by atoms with van der Waals surface area (Å²) in [6.45, 7) is 6.52. The topological polar surface area (TPSA) is 86.3 Å². The van der Waals surface area contributed by atoms with Gasteiger partial charge in [0.15, 0.2) is 0 Å². The molecular formula is C13H23NO6. The number of carbonyl (C=O) groups excluding carboxylic acids is 1. The Morgan fingerprint density at radius 1 is 1.40 bits per heavy atom. The number of carbonyl (C=O) groups is 1. The van der Waals surface area contributed by atoms with E-state index in [2.05, 4.69) is 5.32 Å². The van der Waals surface area contributed by atoms with E-state index in [1.54, 1.807) is 20.8 Å². The summed E-state index contributed by atoms with van der Waals surface area (Å²) in [5, 5.41) is 12.0. The lowest BCUT2D eigenvalue weighted by Gasteiger charge is -2.52. The molecule has 2 atom stereocenters. The van der Waals surface area contributed by atoms with Crippen LogP contribution in [-0.4, -0.2) is 55.2 Å². The number of aliphatic hydroxyl groups excluding tert-OH is 1. The number of fused-ring (bicyclic) bond motifs is 3. The van der Waals surface area contributed by atoms with Crippen LogP contribution in [0.15, 0.2) is 0 Å². The van der Waals surface area contributed by atoms with E-state index in [0.29, 0.717) is 19.8 Å². The predicted molar refractivity (Wildman–Crippen MR) is 68.9 cm³/mol. The molecule has 3 fully saturated rings. The fraction of sp³-hybridized carbons (Fsp3) is 0.923.